The van der Waals surface area contributed by atoms with E-state index in [1.54, 1.807) is 4.90 Å². The number of rotatable bonds is 4. The van der Waals surface area contributed by atoms with Crippen LogP contribution in [-0.4, -0.2) is 34.9 Å². The number of aliphatic hydroxyl groups excluding tert-OH is 2. The molecule has 1 aliphatic heterocycles. The van der Waals surface area contributed by atoms with Crippen LogP contribution in [0.15, 0.2) is 12.1 Å². The molecule has 1 heterocycles. The molecule has 0 radical (unpaired) electrons. The molecule has 4 fully saturated rings. The maximum absolute atomic E-state index is 14.2. The maximum Gasteiger partial charge on any atom is 0.227 e. The Kier molecular flexibility index (Phi) is 6.70. The molecule has 0 spiro atoms. The number of carbonyl (C=O) groups excluding carboxylic acids is 1. The molecule has 210 valence electrons. The summed E-state index contributed by atoms with van der Waals surface area (Å²) in [6.45, 7) is 7.61. The van der Waals surface area contributed by atoms with Crippen LogP contribution in [0.3, 0.4) is 0 Å². The van der Waals surface area contributed by atoms with E-state index in [4.69, 9.17) is 0 Å². The standard InChI is InChI=1S/C32H45F2NO3/c1-18(4-7-29(38)35-13-10-22-26(34)16-20(33)17-27(22)35)23-5-6-24-30-25(9-12-32(23,24)3)31(2)11-8-21(36)14-19(31)15-28(30)37/h16-19,21,23-25,28,30,36-37H,4-15H2,1-3H3/t18-,19+,21-,23-,24+,25+,28-,30+,31+,32-/m1/s1. The van der Waals surface area contributed by atoms with Crippen molar-refractivity contribution in [1.82, 2.24) is 0 Å². The number of nitrogens with zero attached hydrogens (tertiary/aromatic N) is 1. The SMILES string of the molecule is C[C@H](CCC(=O)N1CCc2c(F)cc(F)cc21)[C@H]1CC[C@H]2[C@@H]3[C@H](O)C[C@@H]4C[C@H](O)CC[C@]4(C)[C@H]3CC[C@]12C. The molecule has 4 aliphatic carbocycles. The third-order valence-corrected chi connectivity index (χ3v) is 12.5. The molecule has 0 saturated heterocycles. The fourth-order valence-electron chi connectivity index (χ4n) is 10.5. The summed E-state index contributed by atoms with van der Waals surface area (Å²) in [5.74, 6) is 1.49. The van der Waals surface area contributed by atoms with Crippen molar-refractivity contribution in [2.75, 3.05) is 11.4 Å². The fourth-order valence-corrected chi connectivity index (χ4v) is 10.5. The number of benzene rings is 1. The first-order chi connectivity index (χ1) is 18.0. The molecule has 10 atom stereocenters. The van der Waals surface area contributed by atoms with E-state index >= 15 is 0 Å². The molecule has 1 aromatic carbocycles. The van der Waals surface area contributed by atoms with Gasteiger partial charge in [0.25, 0.3) is 0 Å². The van der Waals surface area contributed by atoms with Gasteiger partial charge in [-0.25, -0.2) is 8.78 Å². The Bertz CT molecular complexity index is 1090. The Labute approximate surface area is 226 Å². The summed E-state index contributed by atoms with van der Waals surface area (Å²) in [4.78, 5) is 14.7. The Hall–Kier alpha value is -1.53. The molecule has 0 aromatic heterocycles. The summed E-state index contributed by atoms with van der Waals surface area (Å²) in [7, 11) is 0. The van der Waals surface area contributed by atoms with Crippen LogP contribution in [0.2, 0.25) is 0 Å². The topological polar surface area (TPSA) is 60.8 Å². The smallest absolute Gasteiger partial charge is 0.227 e. The van der Waals surface area contributed by atoms with Gasteiger partial charge in [-0.3, -0.25) is 4.79 Å². The molecular formula is C32H45F2NO3. The van der Waals surface area contributed by atoms with E-state index in [-0.39, 0.29) is 28.9 Å². The number of halogens is 2. The molecule has 2 N–H and O–H groups in total. The summed E-state index contributed by atoms with van der Waals surface area (Å²) in [5.41, 5.74) is 1.25. The predicted molar refractivity (Wildman–Crippen MR) is 143 cm³/mol. The van der Waals surface area contributed by atoms with E-state index in [2.05, 4.69) is 20.8 Å². The van der Waals surface area contributed by atoms with Gasteiger partial charge in [0.15, 0.2) is 0 Å². The Morgan fingerprint density at radius 3 is 2.58 bits per heavy atom. The molecular weight excluding hydrogens is 484 g/mol. The number of carbonyl (C=O) groups is 1. The number of anilines is 1. The largest absolute Gasteiger partial charge is 0.393 e. The van der Waals surface area contributed by atoms with Gasteiger partial charge in [-0.1, -0.05) is 20.8 Å². The highest BCUT2D eigenvalue weighted by Crippen LogP contribution is 2.68. The number of aliphatic hydroxyl groups is 2. The zero-order valence-electron chi connectivity index (χ0n) is 23.3. The fraction of sp³-hybridized carbons (Fsp3) is 0.781. The van der Waals surface area contributed by atoms with Crippen molar-refractivity contribution in [2.24, 2.45) is 46.3 Å². The van der Waals surface area contributed by atoms with Crippen LogP contribution in [0.1, 0.15) is 90.5 Å². The van der Waals surface area contributed by atoms with Crippen molar-refractivity contribution in [1.29, 1.82) is 0 Å². The average Bonchev–Trinajstić information content (AvgIpc) is 3.44. The minimum atomic E-state index is -0.635. The number of fused-ring (bicyclic) bond motifs is 6. The molecule has 1 amide bonds. The maximum atomic E-state index is 14.2. The predicted octanol–water partition coefficient (Wildman–Crippen LogP) is 6.26. The highest BCUT2D eigenvalue weighted by Gasteiger charge is 2.62. The summed E-state index contributed by atoms with van der Waals surface area (Å²) in [6, 6.07) is 2.20. The van der Waals surface area contributed by atoms with Crippen LogP contribution in [-0.2, 0) is 11.2 Å². The Balaban J connectivity index is 1.13. The molecule has 4 nitrogen and oxygen atoms in total. The minimum absolute atomic E-state index is 0.0369. The van der Waals surface area contributed by atoms with Gasteiger partial charge in [0.1, 0.15) is 11.6 Å². The van der Waals surface area contributed by atoms with E-state index in [1.807, 2.05) is 0 Å². The van der Waals surface area contributed by atoms with Crippen LogP contribution < -0.4 is 4.90 Å². The summed E-state index contributed by atoms with van der Waals surface area (Å²) < 4.78 is 28.0. The minimum Gasteiger partial charge on any atom is -0.393 e. The van der Waals surface area contributed by atoms with Crippen molar-refractivity contribution in [3.05, 3.63) is 29.3 Å². The average molecular weight is 530 g/mol. The zero-order chi connectivity index (χ0) is 27.0. The highest BCUT2D eigenvalue weighted by atomic mass is 19.1. The number of amides is 1. The van der Waals surface area contributed by atoms with E-state index in [9.17, 15) is 23.8 Å². The third-order valence-electron chi connectivity index (χ3n) is 12.5. The second-order valence-corrected chi connectivity index (χ2v) is 14.1. The van der Waals surface area contributed by atoms with E-state index in [0.717, 1.165) is 57.4 Å². The van der Waals surface area contributed by atoms with Crippen molar-refractivity contribution in [3.63, 3.8) is 0 Å². The first kappa shape index (κ1) is 26.7. The molecule has 6 heteroatoms. The molecule has 4 saturated carbocycles. The van der Waals surface area contributed by atoms with E-state index in [1.165, 1.54) is 12.5 Å². The molecule has 5 aliphatic rings. The summed E-state index contributed by atoms with van der Waals surface area (Å²) in [5, 5.41) is 21.8. The van der Waals surface area contributed by atoms with Crippen LogP contribution in [0.4, 0.5) is 14.5 Å². The first-order valence-corrected chi connectivity index (χ1v) is 15.2. The van der Waals surface area contributed by atoms with Gasteiger partial charge in [0.2, 0.25) is 5.91 Å². The molecule has 38 heavy (non-hydrogen) atoms. The lowest BCUT2D eigenvalue weighted by Crippen LogP contribution is -2.58. The van der Waals surface area contributed by atoms with Crippen LogP contribution in [0.25, 0.3) is 0 Å². The summed E-state index contributed by atoms with van der Waals surface area (Å²) >= 11 is 0. The monoisotopic (exact) mass is 529 g/mol. The zero-order valence-corrected chi connectivity index (χ0v) is 23.3. The molecule has 1 aromatic rings. The van der Waals surface area contributed by atoms with Gasteiger partial charge < -0.3 is 15.1 Å². The highest BCUT2D eigenvalue weighted by molar-refractivity contribution is 5.95. The first-order valence-electron chi connectivity index (χ1n) is 15.2. The van der Waals surface area contributed by atoms with Crippen LogP contribution >= 0.6 is 0 Å². The van der Waals surface area contributed by atoms with Crippen LogP contribution in [0.5, 0.6) is 0 Å². The van der Waals surface area contributed by atoms with E-state index in [0.29, 0.717) is 66.1 Å². The van der Waals surface area contributed by atoms with Crippen molar-refractivity contribution >= 4 is 11.6 Å². The number of hydrogen-bond donors (Lipinski definition) is 2. The van der Waals surface area contributed by atoms with Crippen molar-refractivity contribution in [2.45, 2.75) is 104 Å². The van der Waals surface area contributed by atoms with Gasteiger partial charge in [-0.05, 0) is 117 Å². The van der Waals surface area contributed by atoms with Gasteiger partial charge in [0, 0.05) is 24.6 Å². The van der Waals surface area contributed by atoms with Gasteiger partial charge >= 0.3 is 0 Å². The second-order valence-electron chi connectivity index (χ2n) is 14.1. The van der Waals surface area contributed by atoms with Gasteiger partial charge in [0.05, 0.1) is 17.9 Å². The lowest BCUT2D eigenvalue weighted by molar-refractivity contribution is -0.174. The third kappa shape index (κ3) is 4.06. The molecule has 6 rings (SSSR count). The Morgan fingerprint density at radius 1 is 1.05 bits per heavy atom. The molecule has 0 unspecified atom stereocenters. The van der Waals surface area contributed by atoms with Crippen molar-refractivity contribution in [3.8, 4) is 0 Å². The Morgan fingerprint density at radius 2 is 1.79 bits per heavy atom. The lowest BCUT2D eigenvalue weighted by Gasteiger charge is -2.62. The van der Waals surface area contributed by atoms with E-state index < -0.39 is 11.6 Å². The quantitative estimate of drug-likeness (QED) is 0.484. The van der Waals surface area contributed by atoms with Gasteiger partial charge in [-0.2, -0.15) is 0 Å². The molecule has 0 bridgehead atoms. The van der Waals surface area contributed by atoms with Crippen LogP contribution in [0, 0.1) is 58.0 Å². The normalized spacial score (nSPS) is 42.7. The number of hydrogen-bond acceptors (Lipinski definition) is 3. The summed E-state index contributed by atoms with van der Waals surface area (Å²) in [6.07, 6.45) is 9.39. The lowest BCUT2D eigenvalue weighted by atomic mass is 9.43. The van der Waals surface area contributed by atoms with Gasteiger partial charge in [-0.15, -0.1) is 0 Å². The van der Waals surface area contributed by atoms with Crippen molar-refractivity contribution < 1.29 is 23.8 Å². The second kappa shape index (κ2) is 9.54.